The van der Waals surface area contributed by atoms with E-state index in [9.17, 15) is 10.1 Å². The highest BCUT2D eigenvalue weighted by atomic mass is 16.6. The van der Waals surface area contributed by atoms with Gasteiger partial charge in [0.25, 0.3) is 5.69 Å². The molecule has 0 saturated carbocycles. The lowest BCUT2D eigenvalue weighted by atomic mass is 10.1. The van der Waals surface area contributed by atoms with Gasteiger partial charge in [-0.25, -0.2) is 0 Å². The third kappa shape index (κ3) is 4.22. The van der Waals surface area contributed by atoms with Crippen LogP contribution in [0.5, 0.6) is 0 Å². The van der Waals surface area contributed by atoms with E-state index < -0.39 is 0 Å². The lowest BCUT2D eigenvalue weighted by Crippen LogP contribution is -2.13. The number of nitro groups is 1. The molecule has 2 aromatic carbocycles. The van der Waals surface area contributed by atoms with E-state index in [2.05, 4.69) is 5.32 Å². The molecular formula is C16H17N3O2. The van der Waals surface area contributed by atoms with Gasteiger partial charge in [-0.3, -0.25) is 10.1 Å². The number of non-ortho nitro benzene ring substituents is 1. The van der Waals surface area contributed by atoms with Crippen LogP contribution >= 0.6 is 0 Å². The first kappa shape index (κ1) is 14.9. The Kier molecular flexibility index (Phi) is 4.79. The molecule has 5 heteroatoms. The number of hydrogen-bond donors (Lipinski definition) is 2. The molecule has 0 aromatic heterocycles. The zero-order valence-corrected chi connectivity index (χ0v) is 11.8. The standard InChI is InChI=1S/C16H17N3O2/c1-12(17)15-6-2-4-13(8-15)10-18-11-14-5-3-7-16(9-14)19(20)21/h2-9,17-18H,10-11H2,1H3. The molecular weight excluding hydrogens is 266 g/mol. The minimum atomic E-state index is -0.389. The van der Waals surface area contributed by atoms with Gasteiger partial charge in [0.2, 0.25) is 0 Å². The van der Waals surface area contributed by atoms with Crippen LogP contribution in [0.4, 0.5) is 5.69 Å². The van der Waals surface area contributed by atoms with Gasteiger partial charge in [0.05, 0.1) is 4.92 Å². The van der Waals surface area contributed by atoms with Gasteiger partial charge in [-0.15, -0.1) is 0 Å². The van der Waals surface area contributed by atoms with Gasteiger partial charge in [-0.05, 0) is 29.7 Å². The summed E-state index contributed by atoms with van der Waals surface area (Å²) in [5.41, 5.74) is 3.52. The third-order valence-electron chi connectivity index (χ3n) is 3.14. The highest BCUT2D eigenvalue weighted by Gasteiger charge is 2.05. The molecule has 0 atom stereocenters. The van der Waals surface area contributed by atoms with Crippen LogP contribution in [0.3, 0.4) is 0 Å². The lowest BCUT2D eigenvalue weighted by Gasteiger charge is -2.07. The van der Waals surface area contributed by atoms with E-state index in [0.29, 0.717) is 18.8 Å². The van der Waals surface area contributed by atoms with E-state index in [1.807, 2.05) is 30.3 Å². The van der Waals surface area contributed by atoms with Crippen LogP contribution in [0.2, 0.25) is 0 Å². The SMILES string of the molecule is CC(=N)c1cccc(CNCc2cccc([N+](=O)[O-])c2)c1. The van der Waals surface area contributed by atoms with Crippen molar-refractivity contribution in [3.05, 3.63) is 75.3 Å². The highest BCUT2D eigenvalue weighted by molar-refractivity contribution is 5.96. The van der Waals surface area contributed by atoms with Gasteiger partial charge in [0, 0.05) is 30.9 Å². The maximum absolute atomic E-state index is 10.7. The van der Waals surface area contributed by atoms with Gasteiger partial charge < -0.3 is 10.7 Å². The Labute approximate surface area is 123 Å². The van der Waals surface area contributed by atoms with Crippen molar-refractivity contribution in [2.45, 2.75) is 20.0 Å². The van der Waals surface area contributed by atoms with E-state index in [1.54, 1.807) is 19.1 Å². The summed E-state index contributed by atoms with van der Waals surface area (Å²) in [7, 11) is 0. The fourth-order valence-corrected chi connectivity index (χ4v) is 2.05. The largest absolute Gasteiger partial charge is 0.309 e. The molecule has 0 bridgehead atoms. The van der Waals surface area contributed by atoms with Crippen molar-refractivity contribution >= 4 is 11.4 Å². The Bertz CT molecular complexity index is 611. The van der Waals surface area contributed by atoms with E-state index >= 15 is 0 Å². The monoisotopic (exact) mass is 283 g/mol. The van der Waals surface area contributed by atoms with Gasteiger partial charge >= 0.3 is 0 Å². The van der Waals surface area contributed by atoms with Crippen molar-refractivity contribution in [1.29, 1.82) is 5.41 Å². The first-order chi connectivity index (χ1) is 10.1. The Morgan fingerprint density at radius 3 is 2.38 bits per heavy atom. The van der Waals surface area contributed by atoms with E-state index in [1.165, 1.54) is 6.07 Å². The van der Waals surface area contributed by atoms with Crippen LogP contribution in [0.25, 0.3) is 0 Å². The molecule has 0 unspecified atom stereocenters. The molecule has 2 rings (SSSR count). The molecule has 0 aliphatic carbocycles. The number of benzene rings is 2. The minimum Gasteiger partial charge on any atom is -0.309 e. The van der Waals surface area contributed by atoms with Crippen LogP contribution in [0, 0.1) is 15.5 Å². The summed E-state index contributed by atoms with van der Waals surface area (Å²) in [6, 6.07) is 14.4. The molecule has 5 nitrogen and oxygen atoms in total. The zero-order chi connectivity index (χ0) is 15.2. The maximum atomic E-state index is 10.7. The summed E-state index contributed by atoms with van der Waals surface area (Å²) >= 11 is 0. The van der Waals surface area contributed by atoms with Crippen LogP contribution in [0.1, 0.15) is 23.6 Å². The molecule has 0 saturated heterocycles. The van der Waals surface area contributed by atoms with Crippen LogP contribution in [0.15, 0.2) is 48.5 Å². The van der Waals surface area contributed by atoms with Crippen LogP contribution in [-0.2, 0) is 13.1 Å². The highest BCUT2D eigenvalue weighted by Crippen LogP contribution is 2.13. The molecule has 0 radical (unpaired) electrons. The fourth-order valence-electron chi connectivity index (χ4n) is 2.05. The van der Waals surface area contributed by atoms with Gasteiger partial charge in [0.1, 0.15) is 0 Å². The first-order valence-corrected chi connectivity index (χ1v) is 6.65. The molecule has 2 aromatic rings. The first-order valence-electron chi connectivity index (χ1n) is 6.65. The average Bonchev–Trinajstić information content (AvgIpc) is 2.48. The number of nitrogens with zero attached hydrogens (tertiary/aromatic N) is 1. The Morgan fingerprint density at radius 1 is 1.14 bits per heavy atom. The number of hydrogen-bond acceptors (Lipinski definition) is 4. The van der Waals surface area contributed by atoms with E-state index in [4.69, 9.17) is 5.41 Å². The smallest absolute Gasteiger partial charge is 0.269 e. The predicted octanol–water partition coefficient (Wildman–Crippen LogP) is 3.27. The summed E-state index contributed by atoms with van der Waals surface area (Å²) in [5, 5.41) is 21.6. The third-order valence-corrected chi connectivity index (χ3v) is 3.14. The summed E-state index contributed by atoms with van der Waals surface area (Å²) in [6.07, 6.45) is 0. The van der Waals surface area contributed by atoms with Gasteiger partial charge in [0.15, 0.2) is 0 Å². The van der Waals surface area contributed by atoms with Crippen molar-refractivity contribution in [3.63, 3.8) is 0 Å². The molecule has 2 N–H and O–H groups in total. The summed E-state index contributed by atoms with van der Waals surface area (Å²) in [5.74, 6) is 0. The maximum Gasteiger partial charge on any atom is 0.269 e. The van der Waals surface area contributed by atoms with Gasteiger partial charge in [-0.1, -0.05) is 30.3 Å². The second-order valence-electron chi connectivity index (χ2n) is 4.86. The molecule has 21 heavy (non-hydrogen) atoms. The molecule has 0 aliphatic rings. The summed E-state index contributed by atoms with van der Waals surface area (Å²) in [6.45, 7) is 2.98. The average molecular weight is 283 g/mol. The molecule has 0 aliphatic heterocycles. The Balaban J connectivity index is 1.95. The van der Waals surface area contributed by atoms with Crippen molar-refractivity contribution in [2.75, 3.05) is 0 Å². The van der Waals surface area contributed by atoms with Gasteiger partial charge in [-0.2, -0.15) is 0 Å². The predicted molar refractivity (Wildman–Crippen MR) is 82.6 cm³/mol. The van der Waals surface area contributed by atoms with Crippen molar-refractivity contribution < 1.29 is 4.92 Å². The topological polar surface area (TPSA) is 79.0 Å². The van der Waals surface area contributed by atoms with Crippen LogP contribution < -0.4 is 5.32 Å². The molecule has 0 fully saturated rings. The quantitative estimate of drug-likeness (QED) is 0.485. The Morgan fingerprint density at radius 2 is 1.76 bits per heavy atom. The lowest BCUT2D eigenvalue weighted by molar-refractivity contribution is -0.384. The number of rotatable bonds is 6. The molecule has 0 spiro atoms. The molecule has 108 valence electrons. The van der Waals surface area contributed by atoms with E-state index in [-0.39, 0.29) is 10.6 Å². The van der Waals surface area contributed by atoms with Crippen LogP contribution in [-0.4, -0.2) is 10.6 Å². The summed E-state index contributed by atoms with van der Waals surface area (Å²) in [4.78, 5) is 10.3. The van der Waals surface area contributed by atoms with Crippen molar-refractivity contribution in [3.8, 4) is 0 Å². The van der Waals surface area contributed by atoms with Crippen molar-refractivity contribution in [2.24, 2.45) is 0 Å². The number of nitro benzene ring substituents is 1. The Hall–Kier alpha value is -2.53. The molecule has 0 heterocycles. The fraction of sp³-hybridized carbons (Fsp3) is 0.188. The van der Waals surface area contributed by atoms with Crippen molar-refractivity contribution in [1.82, 2.24) is 5.32 Å². The normalized spacial score (nSPS) is 10.3. The summed E-state index contributed by atoms with van der Waals surface area (Å²) < 4.78 is 0. The second kappa shape index (κ2) is 6.76. The minimum absolute atomic E-state index is 0.107. The number of nitrogens with one attached hydrogen (secondary N) is 2. The molecule has 0 amide bonds. The zero-order valence-electron chi connectivity index (χ0n) is 11.8. The second-order valence-corrected chi connectivity index (χ2v) is 4.86. The van der Waals surface area contributed by atoms with E-state index in [0.717, 1.165) is 16.7 Å².